The molecule has 5 N–H and O–H groups in total. The highest BCUT2D eigenvalue weighted by Crippen LogP contribution is 2.26. The number of amides is 3. The third-order valence-corrected chi connectivity index (χ3v) is 3.74. The Hall–Kier alpha value is -2.79. The molecule has 0 spiro atoms. The van der Waals surface area contributed by atoms with Gasteiger partial charge in [-0.1, -0.05) is 11.8 Å². The number of primary amides is 2. The first-order valence-electron chi connectivity index (χ1n) is 6.43. The van der Waals surface area contributed by atoms with Crippen molar-refractivity contribution in [2.45, 2.75) is 19.9 Å². The number of rotatable bonds is 3. The average molecular weight is 317 g/mol. The third-order valence-electron chi connectivity index (χ3n) is 2.67. The summed E-state index contributed by atoms with van der Waals surface area (Å²) in [6.07, 6.45) is 3.50. The van der Waals surface area contributed by atoms with Gasteiger partial charge in [0.2, 0.25) is 0 Å². The Bertz CT molecular complexity index is 779. The van der Waals surface area contributed by atoms with Gasteiger partial charge in [-0.05, 0) is 19.9 Å². The highest BCUT2D eigenvalue weighted by atomic mass is 32.1. The summed E-state index contributed by atoms with van der Waals surface area (Å²) in [4.78, 5) is 23.1. The second-order valence-corrected chi connectivity index (χ2v) is 5.81. The Morgan fingerprint density at radius 1 is 1.36 bits per heavy atom. The van der Waals surface area contributed by atoms with Gasteiger partial charge in [0.15, 0.2) is 0 Å². The lowest BCUT2D eigenvalue weighted by molar-refractivity contribution is 0.100. The average Bonchev–Trinajstić information content (AvgIpc) is 3.02. The number of anilines is 1. The minimum Gasteiger partial charge on any atom is -0.365 e. The predicted molar refractivity (Wildman–Crippen MR) is 84.6 cm³/mol. The third kappa shape index (κ3) is 3.65. The monoisotopic (exact) mass is 317 g/mol. The molecule has 2 aromatic rings. The Labute approximate surface area is 131 Å². The normalized spacial score (nSPS) is 10.1. The van der Waals surface area contributed by atoms with Gasteiger partial charge in [-0.2, -0.15) is 5.10 Å². The fourth-order valence-electron chi connectivity index (χ4n) is 1.68. The van der Waals surface area contributed by atoms with E-state index in [0.29, 0.717) is 4.88 Å². The van der Waals surface area contributed by atoms with Crippen LogP contribution in [0, 0.1) is 11.8 Å². The van der Waals surface area contributed by atoms with E-state index in [-0.39, 0.29) is 16.6 Å². The van der Waals surface area contributed by atoms with E-state index in [9.17, 15) is 9.59 Å². The van der Waals surface area contributed by atoms with Crippen molar-refractivity contribution in [3.8, 4) is 11.8 Å². The maximum absolute atomic E-state index is 11.3. The molecule has 0 bridgehead atoms. The van der Waals surface area contributed by atoms with E-state index in [1.807, 2.05) is 20.0 Å². The van der Waals surface area contributed by atoms with Crippen LogP contribution in [0.25, 0.3) is 0 Å². The van der Waals surface area contributed by atoms with Crippen LogP contribution in [0.4, 0.5) is 10.5 Å². The molecule has 0 radical (unpaired) electrons. The molecule has 0 saturated carbocycles. The Morgan fingerprint density at radius 3 is 2.64 bits per heavy atom. The summed E-state index contributed by atoms with van der Waals surface area (Å²) in [6, 6.07) is 1.05. The van der Waals surface area contributed by atoms with E-state index in [1.165, 1.54) is 0 Å². The van der Waals surface area contributed by atoms with Crippen molar-refractivity contribution in [2.24, 2.45) is 11.5 Å². The van der Waals surface area contributed by atoms with E-state index in [0.717, 1.165) is 16.9 Å². The minimum absolute atomic E-state index is 0.209. The molecule has 3 amide bonds. The van der Waals surface area contributed by atoms with Crippen LogP contribution in [0.15, 0.2) is 18.5 Å². The van der Waals surface area contributed by atoms with Gasteiger partial charge in [-0.3, -0.25) is 9.48 Å². The topological polar surface area (TPSA) is 116 Å². The van der Waals surface area contributed by atoms with E-state index < -0.39 is 11.9 Å². The molecule has 22 heavy (non-hydrogen) atoms. The lowest BCUT2D eigenvalue weighted by atomic mass is 10.3. The van der Waals surface area contributed by atoms with E-state index in [2.05, 4.69) is 22.3 Å². The SMILES string of the molecule is CC(C)n1cc(C#Cc2cc(NC(N)=O)c(C(N)=O)s2)cn1. The molecule has 8 heteroatoms. The molecule has 7 nitrogen and oxygen atoms in total. The largest absolute Gasteiger partial charge is 0.365 e. The maximum atomic E-state index is 11.3. The maximum Gasteiger partial charge on any atom is 0.316 e. The number of nitrogens with zero attached hydrogens (tertiary/aromatic N) is 2. The van der Waals surface area contributed by atoms with Crippen LogP contribution >= 0.6 is 11.3 Å². The highest BCUT2D eigenvalue weighted by molar-refractivity contribution is 7.15. The molecule has 2 heterocycles. The number of carbonyl (C=O) groups is 2. The summed E-state index contributed by atoms with van der Waals surface area (Å²) in [7, 11) is 0. The molecule has 0 atom stereocenters. The summed E-state index contributed by atoms with van der Waals surface area (Å²) in [5, 5.41) is 6.54. The van der Waals surface area contributed by atoms with Crippen molar-refractivity contribution < 1.29 is 9.59 Å². The van der Waals surface area contributed by atoms with Gasteiger partial charge >= 0.3 is 6.03 Å². The second-order valence-electron chi connectivity index (χ2n) is 4.76. The van der Waals surface area contributed by atoms with Crippen molar-refractivity contribution >= 4 is 29.0 Å². The van der Waals surface area contributed by atoms with Gasteiger partial charge in [0.25, 0.3) is 5.91 Å². The molecule has 2 rings (SSSR count). The van der Waals surface area contributed by atoms with Crippen LogP contribution in [0.3, 0.4) is 0 Å². The standard InChI is InChI=1S/C14H15N5O2S/c1-8(2)19-7-9(6-17-19)3-4-10-5-11(18-14(16)21)12(22-10)13(15)20/h5-8H,1-2H3,(H2,15,20)(H3,16,18,21). The Kier molecular flexibility index (Phi) is 4.48. The number of thiophene rings is 1. The smallest absolute Gasteiger partial charge is 0.316 e. The fourth-order valence-corrected chi connectivity index (χ4v) is 2.50. The van der Waals surface area contributed by atoms with Gasteiger partial charge in [0, 0.05) is 12.2 Å². The summed E-state index contributed by atoms with van der Waals surface area (Å²) in [6.45, 7) is 4.04. The van der Waals surface area contributed by atoms with Crippen LogP contribution in [0.1, 0.15) is 40.0 Å². The van der Waals surface area contributed by atoms with Crippen molar-refractivity contribution in [1.29, 1.82) is 0 Å². The number of nitrogens with two attached hydrogens (primary N) is 2. The van der Waals surface area contributed by atoms with Crippen molar-refractivity contribution in [1.82, 2.24) is 9.78 Å². The Balaban J connectivity index is 2.28. The lowest BCUT2D eigenvalue weighted by Crippen LogP contribution is -2.21. The van der Waals surface area contributed by atoms with E-state index in [4.69, 9.17) is 11.5 Å². The van der Waals surface area contributed by atoms with Crippen LogP contribution in [-0.4, -0.2) is 21.7 Å². The molecule has 0 aliphatic heterocycles. The molecule has 0 aromatic carbocycles. The van der Waals surface area contributed by atoms with E-state index in [1.54, 1.807) is 16.9 Å². The summed E-state index contributed by atoms with van der Waals surface area (Å²) in [5.74, 6) is 5.22. The lowest BCUT2D eigenvalue weighted by Gasteiger charge is -2.02. The molecular weight excluding hydrogens is 302 g/mol. The van der Waals surface area contributed by atoms with Crippen molar-refractivity contribution in [3.05, 3.63) is 33.8 Å². The quantitative estimate of drug-likeness (QED) is 0.745. The van der Waals surface area contributed by atoms with Crippen LogP contribution in [-0.2, 0) is 0 Å². The second kappa shape index (κ2) is 6.32. The molecule has 0 aliphatic carbocycles. The Morgan fingerprint density at radius 2 is 2.09 bits per heavy atom. The molecule has 0 unspecified atom stereocenters. The number of aromatic nitrogens is 2. The van der Waals surface area contributed by atoms with Crippen LogP contribution < -0.4 is 16.8 Å². The molecule has 0 aliphatic rings. The summed E-state index contributed by atoms with van der Waals surface area (Å²) < 4.78 is 1.80. The van der Waals surface area contributed by atoms with E-state index >= 15 is 0 Å². The van der Waals surface area contributed by atoms with Gasteiger partial charge in [0.1, 0.15) is 4.88 Å². The summed E-state index contributed by atoms with van der Waals surface area (Å²) >= 11 is 1.10. The van der Waals surface area contributed by atoms with Gasteiger partial charge in [-0.25, -0.2) is 4.79 Å². The zero-order valence-corrected chi connectivity index (χ0v) is 12.9. The van der Waals surface area contributed by atoms with Crippen LogP contribution in [0.5, 0.6) is 0 Å². The predicted octanol–water partition coefficient (Wildman–Crippen LogP) is 1.51. The number of carbonyl (C=O) groups excluding carboxylic acids is 2. The molecule has 114 valence electrons. The molecule has 2 aromatic heterocycles. The van der Waals surface area contributed by atoms with Gasteiger partial charge in [0.05, 0.1) is 22.3 Å². The summed E-state index contributed by atoms with van der Waals surface area (Å²) in [5.41, 5.74) is 11.3. The van der Waals surface area contributed by atoms with Gasteiger partial charge < -0.3 is 16.8 Å². The minimum atomic E-state index is -0.766. The zero-order chi connectivity index (χ0) is 16.3. The molecule has 0 saturated heterocycles. The number of hydrogen-bond donors (Lipinski definition) is 3. The fraction of sp³-hybridized carbons (Fsp3) is 0.214. The van der Waals surface area contributed by atoms with Gasteiger partial charge in [-0.15, -0.1) is 11.3 Å². The molecular formula is C14H15N5O2S. The molecule has 0 fully saturated rings. The first-order valence-corrected chi connectivity index (χ1v) is 7.24. The first kappa shape index (κ1) is 15.6. The zero-order valence-electron chi connectivity index (χ0n) is 12.1. The number of hydrogen-bond acceptors (Lipinski definition) is 4. The number of urea groups is 1. The van der Waals surface area contributed by atoms with Crippen molar-refractivity contribution in [3.63, 3.8) is 0 Å². The highest BCUT2D eigenvalue weighted by Gasteiger charge is 2.14. The first-order chi connectivity index (χ1) is 10.4. The number of nitrogens with one attached hydrogen (secondary N) is 1. The van der Waals surface area contributed by atoms with Crippen LogP contribution in [0.2, 0.25) is 0 Å². The van der Waals surface area contributed by atoms with Crippen molar-refractivity contribution in [2.75, 3.05) is 5.32 Å².